The zero-order valence-corrected chi connectivity index (χ0v) is 11.0. The average molecular weight is 261 g/mol. The molecule has 2 heterocycles. The lowest BCUT2D eigenvalue weighted by molar-refractivity contribution is -0.281. The number of benzene rings is 1. The van der Waals surface area contributed by atoms with E-state index >= 15 is 0 Å². The van der Waals surface area contributed by atoms with Crippen molar-refractivity contribution in [3.8, 4) is 0 Å². The molecule has 0 saturated carbocycles. The van der Waals surface area contributed by atoms with Crippen molar-refractivity contribution in [3.05, 3.63) is 35.9 Å². The lowest BCUT2D eigenvalue weighted by Gasteiger charge is -2.43. The Balaban J connectivity index is 1.62. The number of hydrogen-bond acceptors (Lipinski definition) is 3. The maximum Gasteiger partial charge on any atom is 0.253 e. The molecule has 2 aliphatic heterocycles. The Bertz CT molecular complexity index is 430. The van der Waals surface area contributed by atoms with E-state index in [0.29, 0.717) is 13.1 Å². The summed E-state index contributed by atoms with van der Waals surface area (Å²) in [6.07, 6.45) is 2.51. The summed E-state index contributed by atoms with van der Waals surface area (Å²) in [7, 11) is 0. The third-order valence-corrected chi connectivity index (χ3v) is 3.85. The van der Waals surface area contributed by atoms with E-state index in [-0.39, 0.29) is 5.91 Å². The lowest BCUT2D eigenvalue weighted by atomic mass is 10.0. The van der Waals surface area contributed by atoms with Gasteiger partial charge in [-0.05, 0) is 18.6 Å². The quantitative estimate of drug-likeness (QED) is 0.776. The number of rotatable bonds is 1. The number of nitrogens with zero attached hydrogens (tertiary/aromatic N) is 1. The molecule has 0 aliphatic carbocycles. The van der Waals surface area contributed by atoms with Gasteiger partial charge in [-0.1, -0.05) is 18.2 Å². The van der Waals surface area contributed by atoms with Crippen LogP contribution in [0.2, 0.25) is 0 Å². The SMILES string of the molecule is O=C(c1ccccc1)N1CCC2(CC1)OCCCO2. The van der Waals surface area contributed by atoms with Crippen molar-refractivity contribution in [2.45, 2.75) is 25.0 Å². The van der Waals surface area contributed by atoms with E-state index in [9.17, 15) is 4.79 Å². The highest BCUT2D eigenvalue weighted by atomic mass is 16.7. The van der Waals surface area contributed by atoms with Crippen molar-refractivity contribution in [3.63, 3.8) is 0 Å². The molecule has 4 nitrogen and oxygen atoms in total. The molecular weight excluding hydrogens is 242 g/mol. The Morgan fingerprint density at radius 1 is 1.05 bits per heavy atom. The molecule has 0 bridgehead atoms. The molecule has 2 aliphatic rings. The van der Waals surface area contributed by atoms with Crippen molar-refractivity contribution in [1.29, 1.82) is 0 Å². The maximum absolute atomic E-state index is 12.3. The monoisotopic (exact) mass is 261 g/mol. The Hall–Kier alpha value is -1.39. The van der Waals surface area contributed by atoms with E-state index < -0.39 is 5.79 Å². The van der Waals surface area contributed by atoms with Gasteiger partial charge in [-0.25, -0.2) is 0 Å². The van der Waals surface area contributed by atoms with Crippen molar-refractivity contribution >= 4 is 5.91 Å². The van der Waals surface area contributed by atoms with Crippen LogP contribution in [0.4, 0.5) is 0 Å². The minimum atomic E-state index is -0.425. The van der Waals surface area contributed by atoms with Crippen LogP contribution in [0.1, 0.15) is 29.6 Å². The van der Waals surface area contributed by atoms with Crippen LogP contribution in [-0.2, 0) is 9.47 Å². The van der Waals surface area contributed by atoms with Gasteiger partial charge < -0.3 is 14.4 Å². The summed E-state index contributed by atoms with van der Waals surface area (Å²) in [6.45, 7) is 2.95. The third-order valence-electron chi connectivity index (χ3n) is 3.85. The minimum absolute atomic E-state index is 0.103. The summed E-state index contributed by atoms with van der Waals surface area (Å²) < 4.78 is 11.6. The lowest BCUT2D eigenvalue weighted by Crippen LogP contribution is -2.51. The summed E-state index contributed by atoms with van der Waals surface area (Å²) in [4.78, 5) is 14.2. The van der Waals surface area contributed by atoms with E-state index in [0.717, 1.165) is 38.0 Å². The Labute approximate surface area is 113 Å². The fraction of sp³-hybridized carbons (Fsp3) is 0.533. The molecule has 102 valence electrons. The molecule has 1 amide bonds. The van der Waals surface area contributed by atoms with E-state index in [2.05, 4.69) is 0 Å². The van der Waals surface area contributed by atoms with Gasteiger partial charge in [0.25, 0.3) is 5.91 Å². The minimum Gasteiger partial charge on any atom is -0.350 e. The number of hydrogen-bond donors (Lipinski definition) is 0. The number of carbonyl (C=O) groups excluding carboxylic acids is 1. The van der Waals surface area contributed by atoms with E-state index in [1.54, 1.807) is 0 Å². The van der Waals surface area contributed by atoms with Crippen LogP contribution >= 0.6 is 0 Å². The van der Waals surface area contributed by atoms with Gasteiger partial charge in [0.2, 0.25) is 0 Å². The molecule has 0 unspecified atom stereocenters. The van der Waals surface area contributed by atoms with Crippen LogP contribution in [0, 0.1) is 0 Å². The second kappa shape index (κ2) is 5.31. The third kappa shape index (κ3) is 2.65. The molecule has 1 aromatic rings. The van der Waals surface area contributed by atoms with Crippen LogP contribution in [-0.4, -0.2) is 42.9 Å². The molecule has 2 fully saturated rings. The topological polar surface area (TPSA) is 38.8 Å². The first-order valence-corrected chi connectivity index (χ1v) is 6.91. The molecule has 0 atom stereocenters. The zero-order chi connectivity index (χ0) is 13.1. The first kappa shape index (κ1) is 12.6. The summed E-state index contributed by atoms with van der Waals surface area (Å²) in [5.74, 6) is -0.322. The van der Waals surface area contributed by atoms with Gasteiger partial charge in [0.1, 0.15) is 0 Å². The molecular formula is C15H19NO3. The smallest absolute Gasteiger partial charge is 0.253 e. The van der Waals surface area contributed by atoms with Gasteiger partial charge in [-0.2, -0.15) is 0 Å². The second-order valence-electron chi connectivity index (χ2n) is 5.12. The van der Waals surface area contributed by atoms with Crippen LogP contribution < -0.4 is 0 Å². The standard InChI is InChI=1S/C15H19NO3/c17-14(13-5-2-1-3-6-13)16-9-7-15(8-10-16)18-11-4-12-19-15/h1-3,5-6H,4,7-12H2. The zero-order valence-electron chi connectivity index (χ0n) is 11.0. The first-order chi connectivity index (χ1) is 9.29. The molecule has 19 heavy (non-hydrogen) atoms. The van der Waals surface area contributed by atoms with Crippen molar-refractivity contribution < 1.29 is 14.3 Å². The number of likely N-dealkylation sites (tertiary alicyclic amines) is 1. The van der Waals surface area contributed by atoms with Crippen LogP contribution in [0.5, 0.6) is 0 Å². The largest absolute Gasteiger partial charge is 0.350 e. The molecule has 1 spiro atoms. The highest BCUT2D eigenvalue weighted by Gasteiger charge is 2.39. The van der Waals surface area contributed by atoms with Gasteiger partial charge in [-0.3, -0.25) is 4.79 Å². The van der Waals surface area contributed by atoms with Crippen molar-refractivity contribution in [2.24, 2.45) is 0 Å². The number of amides is 1. The summed E-state index contributed by atoms with van der Waals surface area (Å²) in [6, 6.07) is 9.43. The van der Waals surface area contributed by atoms with E-state index in [1.807, 2.05) is 35.2 Å². The van der Waals surface area contributed by atoms with E-state index in [4.69, 9.17) is 9.47 Å². The van der Waals surface area contributed by atoms with Crippen LogP contribution in [0.3, 0.4) is 0 Å². The van der Waals surface area contributed by atoms with Crippen LogP contribution in [0.15, 0.2) is 30.3 Å². The Morgan fingerprint density at radius 2 is 1.68 bits per heavy atom. The summed E-state index contributed by atoms with van der Waals surface area (Å²) in [5.41, 5.74) is 0.754. The molecule has 0 N–H and O–H groups in total. The molecule has 3 rings (SSSR count). The molecule has 0 aromatic heterocycles. The Kier molecular flexibility index (Phi) is 3.53. The predicted molar refractivity (Wildman–Crippen MR) is 70.8 cm³/mol. The Morgan fingerprint density at radius 3 is 2.32 bits per heavy atom. The predicted octanol–water partition coefficient (Wildman–Crippen LogP) is 2.06. The summed E-state index contributed by atoms with van der Waals surface area (Å²) in [5, 5.41) is 0. The highest BCUT2D eigenvalue weighted by molar-refractivity contribution is 5.94. The molecule has 0 radical (unpaired) electrons. The molecule has 4 heteroatoms. The fourth-order valence-electron chi connectivity index (χ4n) is 2.72. The van der Waals surface area contributed by atoms with E-state index in [1.165, 1.54) is 0 Å². The van der Waals surface area contributed by atoms with Crippen LogP contribution in [0.25, 0.3) is 0 Å². The number of carbonyl (C=O) groups is 1. The number of ether oxygens (including phenoxy) is 2. The normalized spacial score (nSPS) is 22.4. The van der Waals surface area contributed by atoms with Gasteiger partial charge in [0.15, 0.2) is 5.79 Å². The molecule has 2 saturated heterocycles. The number of piperidine rings is 1. The highest BCUT2D eigenvalue weighted by Crippen LogP contribution is 2.31. The van der Waals surface area contributed by atoms with Crippen molar-refractivity contribution in [2.75, 3.05) is 26.3 Å². The fourth-order valence-corrected chi connectivity index (χ4v) is 2.72. The first-order valence-electron chi connectivity index (χ1n) is 6.91. The second-order valence-corrected chi connectivity index (χ2v) is 5.12. The van der Waals surface area contributed by atoms with Gasteiger partial charge >= 0.3 is 0 Å². The van der Waals surface area contributed by atoms with Gasteiger partial charge in [0.05, 0.1) is 13.2 Å². The summed E-state index contributed by atoms with van der Waals surface area (Å²) >= 11 is 0. The van der Waals surface area contributed by atoms with Crippen molar-refractivity contribution in [1.82, 2.24) is 4.90 Å². The van der Waals surface area contributed by atoms with Gasteiger partial charge in [0, 0.05) is 31.5 Å². The average Bonchev–Trinajstić information content (AvgIpc) is 2.49. The van der Waals surface area contributed by atoms with Gasteiger partial charge in [-0.15, -0.1) is 0 Å². The molecule has 1 aromatic carbocycles. The maximum atomic E-state index is 12.3.